The summed E-state index contributed by atoms with van der Waals surface area (Å²) >= 11 is 6.04. The number of hydrogen-bond acceptors (Lipinski definition) is 4. The van der Waals surface area contributed by atoms with Gasteiger partial charge in [-0.1, -0.05) is 23.7 Å². The maximum absolute atomic E-state index is 12.5. The number of benzene rings is 1. The van der Waals surface area contributed by atoms with Crippen LogP contribution in [0.15, 0.2) is 24.3 Å². The molecule has 1 aromatic carbocycles. The van der Waals surface area contributed by atoms with Crippen LogP contribution in [-0.4, -0.2) is 30.1 Å². The van der Waals surface area contributed by atoms with Gasteiger partial charge in [-0.15, -0.1) is 0 Å². The SMILES string of the molecule is CCOC(=O)Cc1[nH]c(C)c(CCc2cccc(Cl)c2)c1C(=O)OCC. The summed E-state index contributed by atoms with van der Waals surface area (Å²) in [5, 5.41) is 0.682. The van der Waals surface area contributed by atoms with Gasteiger partial charge in [0.2, 0.25) is 0 Å². The molecule has 0 aliphatic rings. The predicted octanol–water partition coefficient (Wildman–Crippen LogP) is 4.04. The average molecular weight is 378 g/mol. The standard InChI is InChI=1S/C20H24ClNO4/c1-4-25-18(23)12-17-19(20(24)26-5-2)16(13(3)22-17)10-9-14-7-6-8-15(21)11-14/h6-8,11,22H,4-5,9-10,12H2,1-3H3. The van der Waals surface area contributed by atoms with Crippen LogP contribution in [0.2, 0.25) is 5.02 Å². The Morgan fingerprint density at radius 1 is 1.12 bits per heavy atom. The molecular formula is C20H24ClNO4. The molecule has 0 amide bonds. The van der Waals surface area contributed by atoms with Gasteiger partial charge in [-0.25, -0.2) is 4.79 Å². The van der Waals surface area contributed by atoms with Crippen molar-refractivity contribution in [3.8, 4) is 0 Å². The fourth-order valence-electron chi connectivity index (χ4n) is 2.95. The largest absolute Gasteiger partial charge is 0.466 e. The van der Waals surface area contributed by atoms with Crippen molar-refractivity contribution in [2.45, 2.75) is 40.0 Å². The average Bonchev–Trinajstić information content (AvgIpc) is 2.88. The Morgan fingerprint density at radius 3 is 2.50 bits per heavy atom. The van der Waals surface area contributed by atoms with Gasteiger partial charge in [0.05, 0.1) is 25.2 Å². The number of halogens is 1. The summed E-state index contributed by atoms with van der Waals surface area (Å²) in [7, 11) is 0. The molecule has 0 aliphatic carbocycles. The lowest BCUT2D eigenvalue weighted by Gasteiger charge is -2.08. The monoisotopic (exact) mass is 377 g/mol. The molecule has 0 atom stereocenters. The first kappa shape index (κ1) is 20.0. The Balaban J connectivity index is 2.29. The Kier molecular flexibility index (Phi) is 7.27. The molecule has 2 rings (SSSR count). The molecule has 0 saturated carbocycles. The number of rotatable bonds is 8. The van der Waals surface area contributed by atoms with Crippen LogP contribution in [0.5, 0.6) is 0 Å². The first-order chi connectivity index (χ1) is 12.5. The predicted molar refractivity (Wildman–Crippen MR) is 101 cm³/mol. The van der Waals surface area contributed by atoms with Crippen LogP contribution < -0.4 is 0 Å². The third-order valence-electron chi connectivity index (χ3n) is 4.05. The van der Waals surface area contributed by atoms with Crippen LogP contribution in [-0.2, 0) is 33.5 Å². The zero-order valence-electron chi connectivity index (χ0n) is 15.4. The van der Waals surface area contributed by atoms with Crippen molar-refractivity contribution < 1.29 is 19.1 Å². The van der Waals surface area contributed by atoms with Gasteiger partial charge >= 0.3 is 11.9 Å². The molecule has 0 radical (unpaired) electrons. The third-order valence-corrected chi connectivity index (χ3v) is 4.29. The van der Waals surface area contributed by atoms with Crippen LogP contribution in [0, 0.1) is 6.92 Å². The van der Waals surface area contributed by atoms with E-state index in [9.17, 15) is 9.59 Å². The van der Waals surface area contributed by atoms with E-state index in [1.54, 1.807) is 13.8 Å². The van der Waals surface area contributed by atoms with E-state index >= 15 is 0 Å². The summed E-state index contributed by atoms with van der Waals surface area (Å²) in [5.74, 6) is -0.794. The maximum atomic E-state index is 12.5. The van der Waals surface area contributed by atoms with Gasteiger partial charge in [0.1, 0.15) is 0 Å². The number of esters is 2. The van der Waals surface area contributed by atoms with E-state index in [2.05, 4.69) is 4.98 Å². The molecule has 0 unspecified atom stereocenters. The molecule has 6 heteroatoms. The van der Waals surface area contributed by atoms with Gasteiger partial charge in [-0.05, 0) is 56.9 Å². The lowest BCUT2D eigenvalue weighted by molar-refractivity contribution is -0.142. The smallest absolute Gasteiger partial charge is 0.340 e. The van der Waals surface area contributed by atoms with Gasteiger partial charge in [-0.3, -0.25) is 4.79 Å². The van der Waals surface area contributed by atoms with Gasteiger partial charge in [0, 0.05) is 16.4 Å². The first-order valence-electron chi connectivity index (χ1n) is 8.73. The summed E-state index contributed by atoms with van der Waals surface area (Å²) in [5.41, 5.74) is 3.79. The summed E-state index contributed by atoms with van der Waals surface area (Å²) in [6, 6.07) is 7.64. The van der Waals surface area contributed by atoms with Crippen LogP contribution in [0.4, 0.5) is 0 Å². The molecule has 0 saturated heterocycles. The van der Waals surface area contributed by atoms with E-state index in [0.717, 1.165) is 23.2 Å². The minimum Gasteiger partial charge on any atom is -0.466 e. The minimum atomic E-state index is -0.419. The molecule has 5 nitrogen and oxygen atoms in total. The molecule has 0 bridgehead atoms. The summed E-state index contributed by atoms with van der Waals surface area (Å²) in [6.07, 6.45) is 1.38. The van der Waals surface area contributed by atoms with E-state index in [1.807, 2.05) is 31.2 Å². The molecular weight excluding hydrogens is 354 g/mol. The van der Waals surface area contributed by atoms with Crippen molar-refractivity contribution in [1.29, 1.82) is 0 Å². The van der Waals surface area contributed by atoms with Crippen molar-refractivity contribution in [2.24, 2.45) is 0 Å². The van der Waals surface area contributed by atoms with Crippen LogP contribution in [0.1, 0.15) is 46.7 Å². The van der Waals surface area contributed by atoms with Crippen molar-refractivity contribution in [1.82, 2.24) is 4.98 Å². The molecule has 1 aromatic heterocycles. The fraction of sp³-hybridized carbons (Fsp3) is 0.400. The number of H-pyrrole nitrogens is 1. The summed E-state index contributed by atoms with van der Waals surface area (Å²) in [6.45, 7) is 5.98. The lowest BCUT2D eigenvalue weighted by Crippen LogP contribution is -2.14. The normalized spacial score (nSPS) is 10.6. The van der Waals surface area contributed by atoms with Gasteiger partial charge in [0.25, 0.3) is 0 Å². The molecule has 0 aliphatic heterocycles. The van der Waals surface area contributed by atoms with Crippen molar-refractivity contribution in [2.75, 3.05) is 13.2 Å². The van der Waals surface area contributed by atoms with E-state index in [1.165, 1.54) is 0 Å². The second kappa shape index (κ2) is 9.43. The number of aromatic amines is 1. The third kappa shape index (κ3) is 5.11. The van der Waals surface area contributed by atoms with Crippen molar-refractivity contribution >= 4 is 23.5 Å². The van der Waals surface area contributed by atoms with Gasteiger partial charge in [-0.2, -0.15) is 0 Å². The summed E-state index contributed by atoms with van der Waals surface area (Å²) < 4.78 is 10.2. The Bertz CT molecular complexity index is 782. The van der Waals surface area contributed by atoms with E-state index < -0.39 is 5.97 Å². The zero-order chi connectivity index (χ0) is 19.1. The molecule has 1 N–H and O–H groups in total. The second-order valence-corrected chi connectivity index (χ2v) is 6.35. The zero-order valence-corrected chi connectivity index (χ0v) is 16.1. The Morgan fingerprint density at radius 2 is 1.85 bits per heavy atom. The number of carbonyl (C=O) groups excluding carboxylic acids is 2. The highest BCUT2D eigenvalue weighted by Crippen LogP contribution is 2.23. The van der Waals surface area contributed by atoms with Crippen LogP contribution in [0.3, 0.4) is 0 Å². The highest BCUT2D eigenvalue weighted by molar-refractivity contribution is 6.30. The molecule has 0 spiro atoms. The summed E-state index contributed by atoms with van der Waals surface area (Å²) in [4.78, 5) is 27.5. The van der Waals surface area contributed by atoms with Crippen molar-refractivity contribution in [3.05, 3.63) is 57.4 Å². The number of hydrogen-bond donors (Lipinski definition) is 1. The van der Waals surface area contributed by atoms with E-state index in [-0.39, 0.29) is 19.0 Å². The Hall–Kier alpha value is -2.27. The number of aryl methyl sites for hydroxylation is 2. The molecule has 26 heavy (non-hydrogen) atoms. The number of carbonyl (C=O) groups is 2. The molecule has 140 valence electrons. The van der Waals surface area contributed by atoms with E-state index in [4.69, 9.17) is 21.1 Å². The van der Waals surface area contributed by atoms with Crippen molar-refractivity contribution in [3.63, 3.8) is 0 Å². The lowest BCUT2D eigenvalue weighted by atomic mass is 9.99. The fourth-order valence-corrected chi connectivity index (χ4v) is 3.16. The topological polar surface area (TPSA) is 68.4 Å². The second-order valence-electron chi connectivity index (χ2n) is 5.91. The number of aromatic nitrogens is 1. The maximum Gasteiger partial charge on any atom is 0.340 e. The van der Waals surface area contributed by atoms with E-state index in [0.29, 0.717) is 29.3 Å². The molecule has 2 aromatic rings. The van der Waals surface area contributed by atoms with Crippen LogP contribution >= 0.6 is 11.6 Å². The quantitative estimate of drug-likeness (QED) is 0.705. The number of ether oxygens (including phenoxy) is 2. The minimum absolute atomic E-state index is 0.0139. The molecule has 1 heterocycles. The highest BCUT2D eigenvalue weighted by Gasteiger charge is 2.24. The molecule has 0 fully saturated rings. The Labute approximate surface area is 158 Å². The first-order valence-corrected chi connectivity index (χ1v) is 9.11. The van der Waals surface area contributed by atoms with Gasteiger partial charge in [0.15, 0.2) is 0 Å². The highest BCUT2D eigenvalue weighted by atomic mass is 35.5. The van der Waals surface area contributed by atoms with Crippen LogP contribution in [0.25, 0.3) is 0 Å². The number of nitrogens with one attached hydrogen (secondary N) is 1. The van der Waals surface area contributed by atoms with Gasteiger partial charge < -0.3 is 14.5 Å².